The van der Waals surface area contributed by atoms with Crippen molar-refractivity contribution in [3.63, 3.8) is 0 Å². The van der Waals surface area contributed by atoms with E-state index in [9.17, 15) is 14.4 Å². The van der Waals surface area contributed by atoms with E-state index in [1.165, 1.54) is 12.1 Å². The second-order valence-electron chi connectivity index (χ2n) is 12.3. The Morgan fingerprint density at radius 1 is 1.19 bits per heavy atom. The number of benzene rings is 1. The molecule has 3 amide bonds. The lowest BCUT2D eigenvalue weighted by atomic mass is 9.95. The molecule has 43 heavy (non-hydrogen) atoms. The maximum atomic E-state index is 15.2. The van der Waals surface area contributed by atoms with Crippen molar-refractivity contribution in [3.8, 4) is 17.0 Å². The lowest BCUT2D eigenvalue weighted by molar-refractivity contribution is -0.00808. The van der Waals surface area contributed by atoms with Crippen LogP contribution in [0.15, 0.2) is 47.5 Å². The number of hydrogen-bond acceptors (Lipinski definition) is 6. The first-order chi connectivity index (χ1) is 20.4. The number of urea groups is 1. The minimum absolute atomic E-state index is 0.0146. The maximum Gasteiger partial charge on any atom is 0.410 e. The van der Waals surface area contributed by atoms with Gasteiger partial charge in [0.05, 0.1) is 23.4 Å². The number of amides is 3. The van der Waals surface area contributed by atoms with Gasteiger partial charge in [-0.2, -0.15) is 0 Å². The molecule has 5 heterocycles. The van der Waals surface area contributed by atoms with Crippen molar-refractivity contribution in [2.75, 3.05) is 25.0 Å². The fraction of sp³-hybridized carbons (Fsp3) is 0.419. The third-order valence-corrected chi connectivity index (χ3v) is 8.33. The van der Waals surface area contributed by atoms with E-state index in [0.29, 0.717) is 43.1 Å². The van der Waals surface area contributed by atoms with E-state index < -0.39 is 17.4 Å². The molecule has 2 saturated heterocycles. The van der Waals surface area contributed by atoms with E-state index in [-0.39, 0.29) is 40.4 Å². The Hall–Kier alpha value is -4.12. The number of aromatic amines is 1. The monoisotopic (exact) mass is 609 g/mol. The summed E-state index contributed by atoms with van der Waals surface area (Å²) in [6, 6.07) is 7.05. The van der Waals surface area contributed by atoms with Crippen molar-refractivity contribution in [1.82, 2.24) is 19.8 Å². The van der Waals surface area contributed by atoms with E-state index in [2.05, 4.69) is 15.3 Å². The zero-order chi connectivity index (χ0) is 30.5. The van der Waals surface area contributed by atoms with Crippen molar-refractivity contribution in [2.24, 2.45) is 5.92 Å². The Balaban J connectivity index is 1.06. The number of ether oxygens (including phenoxy) is 2. The third-order valence-electron chi connectivity index (χ3n) is 8.02. The molecule has 2 fully saturated rings. The predicted octanol–water partition coefficient (Wildman–Crippen LogP) is 5.77. The molecule has 0 unspecified atom stereocenters. The van der Waals surface area contributed by atoms with Crippen LogP contribution in [-0.2, 0) is 11.2 Å². The van der Waals surface area contributed by atoms with Crippen LogP contribution >= 0.6 is 11.6 Å². The average Bonchev–Trinajstić information content (AvgIpc) is 3.23. The molecule has 0 spiro atoms. The predicted molar refractivity (Wildman–Crippen MR) is 159 cm³/mol. The van der Waals surface area contributed by atoms with Crippen LogP contribution in [0.2, 0.25) is 5.02 Å². The number of H-pyrrole nitrogens is 1. The SMILES string of the molecule is CC(C)(C)OC(=O)N1CC(COc2ccc(-c3cc(F)c(NC(=O)N4[C@H]5CC[C@@H]4c4c[nH]c(=O)cc4C5)cc3Cl)cn2)C1. The van der Waals surface area contributed by atoms with Crippen molar-refractivity contribution in [1.29, 1.82) is 0 Å². The zero-order valence-corrected chi connectivity index (χ0v) is 24.9. The molecule has 2 bridgehead atoms. The molecular formula is C31H33ClFN5O5. The number of likely N-dealkylation sites (tertiary alicyclic amines) is 1. The summed E-state index contributed by atoms with van der Waals surface area (Å²) in [5, 5.41) is 2.96. The number of anilines is 1. The number of carbonyl (C=O) groups excluding carboxylic acids is 2. The Labute approximate surface area is 253 Å². The lowest BCUT2D eigenvalue weighted by Gasteiger charge is -2.39. The van der Waals surface area contributed by atoms with Crippen molar-refractivity contribution >= 4 is 29.4 Å². The molecule has 3 aliphatic rings. The number of carbonyl (C=O) groups is 2. The van der Waals surface area contributed by atoms with E-state index >= 15 is 4.39 Å². The van der Waals surface area contributed by atoms with E-state index in [1.807, 2.05) is 20.8 Å². The van der Waals surface area contributed by atoms with Gasteiger partial charge in [0.2, 0.25) is 11.4 Å². The number of hydrogen-bond donors (Lipinski definition) is 2. The van der Waals surface area contributed by atoms with E-state index in [1.54, 1.807) is 40.4 Å². The number of nitrogens with one attached hydrogen (secondary N) is 2. The van der Waals surface area contributed by atoms with Crippen molar-refractivity contribution < 1.29 is 23.5 Å². The molecule has 0 radical (unpaired) electrons. The molecule has 2 atom stereocenters. The van der Waals surface area contributed by atoms with Gasteiger partial charge >= 0.3 is 12.1 Å². The van der Waals surface area contributed by atoms with Crippen LogP contribution in [0.4, 0.5) is 19.7 Å². The van der Waals surface area contributed by atoms with Crippen LogP contribution in [0, 0.1) is 11.7 Å². The lowest BCUT2D eigenvalue weighted by Crippen LogP contribution is -2.53. The van der Waals surface area contributed by atoms with Crippen LogP contribution in [-0.4, -0.2) is 63.2 Å². The largest absolute Gasteiger partial charge is 0.477 e. The van der Waals surface area contributed by atoms with Gasteiger partial charge in [-0.15, -0.1) is 0 Å². The highest BCUT2D eigenvalue weighted by Gasteiger charge is 2.43. The van der Waals surface area contributed by atoms with Gasteiger partial charge in [-0.25, -0.2) is 19.0 Å². The third kappa shape index (κ3) is 6.04. The highest BCUT2D eigenvalue weighted by Crippen LogP contribution is 2.43. The topological polar surface area (TPSA) is 117 Å². The van der Waals surface area contributed by atoms with E-state index in [0.717, 1.165) is 24.0 Å². The highest BCUT2D eigenvalue weighted by molar-refractivity contribution is 6.33. The van der Waals surface area contributed by atoms with Crippen molar-refractivity contribution in [3.05, 3.63) is 75.0 Å². The normalized spacial score (nSPS) is 19.5. The van der Waals surface area contributed by atoms with Crippen LogP contribution in [0.25, 0.3) is 11.1 Å². The van der Waals surface area contributed by atoms with E-state index in [4.69, 9.17) is 21.1 Å². The standard InChI is InChI=1S/C31H33ClFN5O5/c1-31(2,3)43-30(41)37-14-17(15-37)16-42-28-7-4-18(12-35-28)21-10-24(33)25(11-23(21)32)36-29(40)38-20-5-6-26(38)22-13-34-27(39)9-19(22)8-20/h4,7,9-13,17,20,26H,5-6,8,14-16H2,1-3H3,(H,34,39)(H,36,40)/t20-,26+/m0/s1. The number of halogens is 2. The summed E-state index contributed by atoms with van der Waals surface area (Å²) < 4.78 is 26.4. The van der Waals surface area contributed by atoms with Gasteiger partial charge < -0.3 is 29.6 Å². The van der Waals surface area contributed by atoms with Crippen LogP contribution in [0.1, 0.15) is 50.8 Å². The number of rotatable bonds is 5. The first kappa shape index (κ1) is 29.0. The van der Waals surface area contributed by atoms with Gasteiger partial charge in [0.15, 0.2) is 0 Å². The van der Waals surface area contributed by atoms with Gasteiger partial charge in [0, 0.05) is 60.7 Å². The van der Waals surface area contributed by atoms with Gasteiger partial charge in [0.1, 0.15) is 11.4 Å². The number of pyridine rings is 2. The van der Waals surface area contributed by atoms with Gasteiger partial charge in [-0.05, 0) is 69.4 Å². The average molecular weight is 610 g/mol. The molecule has 1 aromatic carbocycles. The van der Waals surface area contributed by atoms with Gasteiger partial charge in [0.25, 0.3) is 0 Å². The summed E-state index contributed by atoms with van der Waals surface area (Å²) in [4.78, 5) is 47.5. The number of aromatic nitrogens is 2. The second kappa shape index (κ2) is 11.2. The smallest absolute Gasteiger partial charge is 0.410 e. The molecule has 6 rings (SSSR count). The first-order valence-corrected chi connectivity index (χ1v) is 14.7. The quantitative estimate of drug-likeness (QED) is 0.379. The highest BCUT2D eigenvalue weighted by atomic mass is 35.5. The van der Waals surface area contributed by atoms with Gasteiger partial charge in [-0.3, -0.25) is 4.79 Å². The fourth-order valence-corrected chi connectivity index (χ4v) is 6.26. The molecule has 2 aromatic heterocycles. The maximum absolute atomic E-state index is 15.2. The van der Waals surface area contributed by atoms with Crippen LogP contribution in [0.5, 0.6) is 5.88 Å². The molecule has 0 saturated carbocycles. The molecular weight excluding hydrogens is 577 g/mol. The molecule has 10 nitrogen and oxygen atoms in total. The molecule has 12 heteroatoms. The minimum Gasteiger partial charge on any atom is -0.477 e. The summed E-state index contributed by atoms with van der Waals surface area (Å²) in [5.41, 5.74) is 2.19. The zero-order valence-electron chi connectivity index (χ0n) is 24.2. The molecule has 226 valence electrons. The Kier molecular flexibility index (Phi) is 7.53. The molecule has 3 aliphatic heterocycles. The first-order valence-electron chi connectivity index (χ1n) is 14.3. The molecule has 3 aromatic rings. The summed E-state index contributed by atoms with van der Waals surface area (Å²) >= 11 is 6.54. The summed E-state index contributed by atoms with van der Waals surface area (Å²) in [5.74, 6) is -0.0392. The number of nitrogens with zero attached hydrogens (tertiary/aromatic N) is 3. The summed E-state index contributed by atoms with van der Waals surface area (Å²) in [6.45, 7) is 7.01. The minimum atomic E-state index is -0.623. The van der Waals surface area contributed by atoms with Crippen LogP contribution < -0.4 is 15.6 Å². The van der Waals surface area contributed by atoms with Crippen molar-refractivity contribution in [2.45, 2.75) is 57.7 Å². The van der Waals surface area contributed by atoms with Gasteiger partial charge in [-0.1, -0.05) is 11.6 Å². The molecule has 0 aliphatic carbocycles. The van der Waals surface area contributed by atoms with Crippen LogP contribution in [0.3, 0.4) is 0 Å². The molecule has 2 N–H and O–H groups in total. The Morgan fingerprint density at radius 3 is 2.70 bits per heavy atom. The Bertz CT molecular complexity index is 1620. The summed E-state index contributed by atoms with van der Waals surface area (Å²) in [6.07, 6.45) is 5.06. The fourth-order valence-electron chi connectivity index (χ4n) is 5.98. The second-order valence-corrected chi connectivity index (χ2v) is 12.7. The summed E-state index contributed by atoms with van der Waals surface area (Å²) in [7, 11) is 0. The number of fused-ring (bicyclic) bond motifs is 4. The Morgan fingerprint density at radius 2 is 1.98 bits per heavy atom.